The third-order valence-electron chi connectivity index (χ3n) is 3.40. The highest BCUT2D eigenvalue weighted by atomic mass is 16.5. The quantitative estimate of drug-likeness (QED) is 0.788. The fourth-order valence-corrected chi connectivity index (χ4v) is 2.28. The number of hydrogen-bond acceptors (Lipinski definition) is 3. The molecule has 1 atom stereocenters. The zero-order chi connectivity index (χ0) is 14.9. The van der Waals surface area contributed by atoms with Crippen molar-refractivity contribution in [3.8, 4) is 0 Å². The Hall–Kier alpha value is -2.29. The monoisotopic (exact) mass is 283 g/mol. The van der Waals surface area contributed by atoms with Crippen molar-refractivity contribution in [1.82, 2.24) is 0 Å². The molecule has 3 heteroatoms. The van der Waals surface area contributed by atoms with Gasteiger partial charge in [-0.2, -0.15) is 0 Å². The third-order valence-corrected chi connectivity index (χ3v) is 3.40. The number of methoxy groups -OCH3 is 1. The summed E-state index contributed by atoms with van der Waals surface area (Å²) in [7, 11) is 1.43. The van der Waals surface area contributed by atoms with E-state index in [1.807, 2.05) is 48.5 Å². The molecule has 0 amide bonds. The Labute approximate surface area is 126 Å². The molecule has 110 valence electrons. The van der Waals surface area contributed by atoms with E-state index in [0.717, 1.165) is 24.9 Å². The number of aryl methyl sites for hydroxylation is 1. The molecular weight excluding hydrogens is 262 g/mol. The van der Waals surface area contributed by atoms with Crippen LogP contribution in [0, 0.1) is 0 Å². The molecule has 0 spiro atoms. The van der Waals surface area contributed by atoms with Crippen LogP contribution in [0.4, 0.5) is 5.69 Å². The van der Waals surface area contributed by atoms with E-state index in [4.69, 9.17) is 4.74 Å². The molecule has 0 fully saturated rings. The first kappa shape index (κ1) is 15.1. The molecule has 0 aromatic heterocycles. The molecule has 0 saturated heterocycles. The number of rotatable bonds is 7. The maximum Gasteiger partial charge on any atom is 0.328 e. The van der Waals surface area contributed by atoms with Crippen molar-refractivity contribution in [2.45, 2.75) is 25.3 Å². The number of esters is 1. The summed E-state index contributed by atoms with van der Waals surface area (Å²) >= 11 is 0. The van der Waals surface area contributed by atoms with Gasteiger partial charge in [-0.3, -0.25) is 0 Å². The molecule has 0 bridgehead atoms. The lowest BCUT2D eigenvalue weighted by atomic mass is 10.0. The molecule has 2 aromatic carbocycles. The van der Waals surface area contributed by atoms with Crippen LogP contribution in [-0.4, -0.2) is 19.1 Å². The van der Waals surface area contributed by atoms with Crippen LogP contribution in [0.1, 0.15) is 18.4 Å². The van der Waals surface area contributed by atoms with Gasteiger partial charge in [0.2, 0.25) is 0 Å². The maximum absolute atomic E-state index is 11.9. The van der Waals surface area contributed by atoms with Gasteiger partial charge in [-0.15, -0.1) is 0 Å². The first-order chi connectivity index (χ1) is 10.3. The summed E-state index contributed by atoms with van der Waals surface area (Å²) < 4.78 is 4.89. The lowest BCUT2D eigenvalue weighted by Gasteiger charge is -2.17. The molecule has 0 heterocycles. The van der Waals surface area contributed by atoms with E-state index in [0.29, 0.717) is 0 Å². The van der Waals surface area contributed by atoms with Crippen LogP contribution in [0.2, 0.25) is 0 Å². The minimum Gasteiger partial charge on any atom is -0.467 e. The van der Waals surface area contributed by atoms with E-state index in [1.165, 1.54) is 12.7 Å². The predicted molar refractivity (Wildman–Crippen MR) is 85.2 cm³/mol. The van der Waals surface area contributed by atoms with Crippen molar-refractivity contribution >= 4 is 11.7 Å². The van der Waals surface area contributed by atoms with Gasteiger partial charge in [0, 0.05) is 5.69 Å². The minimum atomic E-state index is -0.305. The second kappa shape index (κ2) is 8.10. The van der Waals surface area contributed by atoms with Crippen LogP contribution in [0.3, 0.4) is 0 Å². The van der Waals surface area contributed by atoms with Gasteiger partial charge in [0.25, 0.3) is 0 Å². The second-order valence-corrected chi connectivity index (χ2v) is 4.96. The molecule has 3 nitrogen and oxygen atoms in total. The standard InChI is InChI=1S/C18H21NO2/c1-21-18(20)17(19-16-12-6-3-7-13-16)14-8-11-15-9-4-2-5-10-15/h2-7,9-10,12-13,17,19H,8,11,14H2,1H3. The van der Waals surface area contributed by atoms with Crippen molar-refractivity contribution in [3.05, 3.63) is 66.2 Å². The number of carbonyl (C=O) groups is 1. The fraction of sp³-hybridized carbons (Fsp3) is 0.278. The predicted octanol–water partition coefficient (Wildman–Crippen LogP) is 3.66. The molecule has 1 N–H and O–H groups in total. The molecule has 0 aliphatic rings. The van der Waals surface area contributed by atoms with Crippen LogP contribution in [0.5, 0.6) is 0 Å². The summed E-state index contributed by atoms with van der Waals surface area (Å²) in [6, 6.07) is 19.7. The lowest BCUT2D eigenvalue weighted by molar-refractivity contribution is -0.141. The van der Waals surface area contributed by atoms with E-state index in [-0.39, 0.29) is 12.0 Å². The summed E-state index contributed by atoms with van der Waals surface area (Å²) in [6.07, 6.45) is 2.64. The van der Waals surface area contributed by atoms with E-state index in [9.17, 15) is 4.79 Å². The average molecular weight is 283 g/mol. The molecule has 0 radical (unpaired) electrons. The summed E-state index contributed by atoms with van der Waals surface area (Å²) in [6.45, 7) is 0. The fourth-order valence-electron chi connectivity index (χ4n) is 2.28. The van der Waals surface area contributed by atoms with Crippen LogP contribution < -0.4 is 5.32 Å². The Bertz CT molecular complexity index is 540. The van der Waals surface area contributed by atoms with Gasteiger partial charge in [0.05, 0.1) is 7.11 Å². The van der Waals surface area contributed by atoms with Crippen molar-refractivity contribution in [3.63, 3.8) is 0 Å². The third kappa shape index (κ3) is 4.95. The Morgan fingerprint density at radius 3 is 2.29 bits per heavy atom. The maximum atomic E-state index is 11.9. The van der Waals surface area contributed by atoms with Gasteiger partial charge >= 0.3 is 5.97 Å². The van der Waals surface area contributed by atoms with E-state index in [1.54, 1.807) is 0 Å². The van der Waals surface area contributed by atoms with Crippen molar-refractivity contribution in [1.29, 1.82) is 0 Å². The largest absolute Gasteiger partial charge is 0.467 e. The van der Waals surface area contributed by atoms with Crippen LogP contribution in [-0.2, 0) is 16.0 Å². The SMILES string of the molecule is COC(=O)C(CCCc1ccccc1)Nc1ccccc1. The average Bonchev–Trinajstić information content (AvgIpc) is 2.55. The van der Waals surface area contributed by atoms with Crippen LogP contribution in [0.25, 0.3) is 0 Å². The molecule has 0 aliphatic heterocycles. The topological polar surface area (TPSA) is 38.3 Å². The molecular formula is C18H21NO2. The Morgan fingerprint density at radius 1 is 1.05 bits per heavy atom. The summed E-state index contributed by atoms with van der Waals surface area (Å²) in [5.41, 5.74) is 2.23. The summed E-state index contributed by atoms with van der Waals surface area (Å²) in [5, 5.41) is 3.24. The molecule has 0 aliphatic carbocycles. The summed E-state index contributed by atoms with van der Waals surface area (Å²) in [4.78, 5) is 11.9. The van der Waals surface area contributed by atoms with Crippen molar-refractivity contribution < 1.29 is 9.53 Å². The number of nitrogens with one attached hydrogen (secondary N) is 1. The molecule has 1 unspecified atom stereocenters. The highest BCUT2D eigenvalue weighted by Gasteiger charge is 2.18. The number of carbonyl (C=O) groups excluding carboxylic acids is 1. The number of para-hydroxylation sites is 1. The Morgan fingerprint density at radius 2 is 1.67 bits per heavy atom. The first-order valence-corrected chi connectivity index (χ1v) is 7.23. The number of ether oxygens (including phenoxy) is 1. The van der Waals surface area contributed by atoms with Crippen LogP contribution >= 0.6 is 0 Å². The zero-order valence-corrected chi connectivity index (χ0v) is 12.3. The van der Waals surface area contributed by atoms with Gasteiger partial charge < -0.3 is 10.1 Å². The molecule has 2 rings (SSSR count). The molecule has 0 saturated carbocycles. The van der Waals surface area contributed by atoms with Gasteiger partial charge in [-0.25, -0.2) is 4.79 Å². The molecule has 21 heavy (non-hydrogen) atoms. The number of anilines is 1. The highest BCUT2D eigenvalue weighted by Crippen LogP contribution is 2.13. The van der Waals surface area contributed by atoms with E-state index < -0.39 is 0 Å². The van der Waals surface area contributed by atoms with Gasteiger partial charge in [0.1, 0.15) is 6.04 Å². The first-order valence-electron chi connectivity index (χ1n) is 7.23. The second-order valence-electron chi connectivity index (χ2n) is 4.96. The number of hydrogen-bond donors (Lipinski definition) is 1. The van der Waals surface area contributed by atoms with Gasteiger partial charge in [-0.1, -0.05) is 48.5 Å². The van der Waals surface area contributed by atoms with Crippen LogP contribution in [0.15, 0.2) is 60.7 Å². The van der Waals surface area contributed by atoms with E-state index in [2.05, 4.69) is 17.4 Å². The Balaban J connectivity index is 1.89. The highest BCUT2D eigenvalue weighted by molar-refractivity contribution is 5.79. The zero-order valence-electron chi connectivity index (χ0n) is 12.3. The summed E-state index contributed by atoms with van der Waals surface area (Å²) in [5.74, 6) is -0.216. The van der Waals surface area contributed by atoms with E-state index >= 15 is 0 Å². The normalized spacial score (nSPS) is 11.7. The van der Waals surface area contributed by atoms with Gasteiger partial charge in [-0.05, 0) is 37.0 Å². The molecule has 2 aromatic rings. The smallest absolute Gasteiger partial charge is 0.328 e. The van der Waals surface area contributed by atoms with Gasteiger partial charge in [0.15, 0.2) is 0 Å². The van der Waals surface area contributed by atoms with Crippen molar-refractivity contribution in [2.24, 2.45) is 0 Å². The number of benzene rings is 2. The van der Waals surface area contributed by atoms with Crippen molar-refractivity contribution in [2.75, 3.05) is 12.4 Å². The Kier molecular flexibility index (Phi) is 5.83. The minimum absolute atomic E-state index is 0.216. The lowest BCUT2D eigenvalue weighted by Crippen LogP contribution is -2.30.